The van der Waals surface area contributed by atoms with Gasteiger partial charge in [0.1, 0.15) is 0 Å². The average Bonchev–Trinajstić information content (AvgIpc) is 2.58. The molecule has 24 heavy (non-hydrogen) atoms. The van der Waals surface area contributed by atoms with Gasteiger partial charge in [0.05, 0.1) is 18.8 Å². The number of aryl methyl sites for hydroxylation is 2. The van der Waals surface area contributed by atoms with Crippen molar-refractivity contribution in [2.45, 2.75) is 27.2 Å². The van der Waals surface area contributed by atoms with Crippen LogP contribution in [-0.4, -0.2) is 22.6 Å². The lowest BCUT2D eigenvalue weighted by Gasteiger charge is -2.22. The van der Waals surface area contributed by atoms with Gasteiger partial charge in [-0.15, -0.1) is 0 Å². The van der Waals surface area contributed by atoms with Gasteiger partial charge in [-0.1, -0.05) is 29.8 Å². The van der Waals surface area contributed by atoms with Gasteiger partial charge in [0, 0.05) is 23.0 Å². The highest BCUT2D eigenvalue weighted by Gasteiger charge is 2.16. The van der Waals surface area contributed by atoms with Crippen LogP contribution in [-0.2, 0) is 11.2 Å². The van der Waals surface area contributed by atoms with Gasteiger partial charge in [-0.05, 0) is 44.0 Å². The number of rotatable bonds is 4. The Morgan fingerprint density at radius 1 is 1.00 bits per heavy atom. The average molecular weight is 319 g/mol. The van der Waals surface area contributed by atoms with E-state index < -0.39 is 0 Å². The number of hydrogen-bond donors (Lipinski definition) is 0. The number of carbonyl (C=O) groups excluding carboxylic acids is 1. The molecule has 1 amide bonds. The molecule has 0 atom stereocenters. The Bertz CT molecular complexity index is 889. The van der Waals surface area contributed by atoms with Gasteiger partial charge in [-0.2, -0.15) is 10.2 Å². The van der Waals surface area contributed by atoms with E-state index in [9.17, 15) is 4.79 Å². The van der Waals surface area contributed by atoms with E-state index in [1.807, 2.05) is 36.1 Å². The van der Waals surface area contributed by atoms with Crippen molar-refractivity contribution in [2.75, 3.05) is 11.4 Å². The van der Waals surface area contributed by atoms with Crippen molar-refractivity contribution in [2.24, 2.45) is 0 Å². The van der Waals surface area contributed by atoms with E-state index in [0.29, 0.717) is 13.0 Å². The molecule has 1 heterocycles. The Morgan fingerprint density at radius 2 is 1.75 bits per heavy atom. The maximum Gasteiger partial charge on any atom is 0.231 e. The summed E-state index contributed by atoms with van der Waals surface area (Å²) in [4.78, 5) is 14.6. The minimum Gasteiger partial charge on any atom is -0.312 e. The summed E-state index contributed by atoms with van der Waals surface area (Å²) in [6, 6.07) is 12.2. The normalized spacial score (nSPS) is 10.8. The third-order valence-electron chi connectivity index (χ3n) is 4.30. The van der Waals surface area contributed by atoms with Crippen LogP contribution < -0.4 is 4.90 Å². The molecular formula is C20H21N3O. The molecule has 0 N–H and O–H groups in total. The zero-order valence-electron chi connectivity index (χ0n) is 14.3. The lowest BCUT2D eigenvalue weighted by molar-refractivity contribution is -0.117. The first kappa shape index (κ1) is 16.1. The summed E-state index contributed by atoms with van der Waals surface area (Å²) in [7, 11) is 0. The number of amides is 1. The maximum atomic E-state index is 12.8. The molecule has 0 unspecified atom stereocenters. The van der Waals surface area contributed by atoms with Gasteiger partial charge < -0.3 is 4.90 Å². The molecule has 0 aliphatic carbocycles. The molecule has 3 aromatic rings. The van der Waals surface area contributed by atoms with Gasteiger partial charge in [-0.3, -0.25) is 4.79 Å². The van der Waals surface area contributed by atoms with Crippen molar-refractivity contribution in [1.29, 1.82) is 0 Å². The van der Waals surface area contributed by atoms with Crippen molar-refractivity contribution < 1.29 is 4.79 Å². The van der Waals surface area contributed by atoms with Crippen molar-refractivity contribution in [3.05, 3.63) is 65.5 Å². The zero-order valence-corrected chi connectivity index (χ0v) is 14.3. The molecule has 3 rings (SSSR count). The van der Waals surface area contributed by atoms with Crippen molar-refractivity contribution >= 4 is 22.4 Å². The first-order chi connectivity index (χ1) is 11.6. The number of fused-ring (bicyclic) bond motifs is 1. The lowest BCUT2D eigenvalue weighted by atomic mass is 10.0. The number of nitrogens with zero attached hydrogens (tertiary/aromatic N) is 3. The number of aromatic nitrogens is 2. The maximum absolute atomic E-state index is 12.8. The second-order valence-corrected chi connectivity index (χ2v) is 6.05. The summed E-state index contributed by atoms with van der Waals surface area (Å²) < 4.78 is 0. The lowest BCUT2D eigenvalue weighted by Crippen LogP contribution is -2.32. The second-order valence-electron chi connectivity index (χ2n) is 6.05. The van der Waals surface area contributed by atoms with Crippen LogP contribution in [0.25, 0.3) is 10.8 Å². The van der Waals surface area contributed by atoms with Crippen LogP contribution >= 0.6 is 0 Å². The SMILES string of the molecule is CCN(C(=O)Cc1ccc(C)cc1C)c1ccc2cnncc2c1. The zero-order chi connectivity index (χ0) is 17.1. The summed E-state index contributed by atoms with van der Waals surface area (Å²) in [5.74, 6) is 0.103. The highest BCUT2D eigenvalue weighted by Crippen LogP contribution is 2.22. The van der Waals surface area contributed by atoms with Gasteiger partial charge >= 0.3 is 0 Å². The summed E-state index contributed by atoms with van der Waals surface area (Å²) in [5, 5.41) is 9.81. The molecule has 0 saturated carbocycles. The van der Waals surface area contributed by atoms with E-state index in [1.165, 1.54) is 5.56 Å². The first-order valence-electron chi connectivity index (χ1n) is 8.15. The van der Waals surface area contributed by atoms with Gasteiger partial charge in [0.15, 0.2) is 0 Å². The highest BCUT2D eigenvalue weighted by molar-refractivity contribution is 5.97. The minimum atomic E-state index is 0.103. The van der Waals surface area contributed by atoms with Gasteiger partial charge in [0.2, 0.25) is 5.91 Å². The monoisotopic (exact) mass is 319 g/mol. The van der Waals surface area contributed by atoms with Crippen molar-refractivity contribution in [3.63, 3.8) is 0 Å². The number of anilines is 1. The fraction of sp³-hybridized carbons (Fsp3) is 0.250. The Balaban J connectivity index is 1.87. The Kier molecular flexibility index (Phi) is 4.56. The van der Waals surface area contributed by atoms with Crippen molar-refractivity contribution in [3.8, 4) is 0 Å². The van der Waals surface area contributed by atoms with Crippen LogP contribution in [0.2, 0.25) is 0 Å². The summed E-state index contributed by atoms with van der Waals surface area (Å²) in [6.45, 7) is 6.75. The largest absolute Gasteiger partial charge is 0.312 e. The molecule has 0 aliphatic heterocycles. The fourth-order valence-corrected chi connectivity index (χ4v) is 2.96. The number of carbonyl (C=O) groups is 1. The van der Waals surface area contributed by atoms with Crippen LogP contribution in [0.5, 0.6) is 0 Å². The number of hydrogen-bond acceptors (Lipinski definition) is 3. The van der Waals surface area contributed by atoms with E-state index in [0.717, 1.165) is 27.6 Å². The molecule has 1 aromatic heterocycles. The Morgan fingerprint density at radius 3 is 2.46 bits per heavy atom. The second kappa shape index (κ2) is 6.79. The molecular weight excluding hydrogens is 298 g/mol. The molecule has 0 radical (unpaired) electrons. The van der Waals surface area contributed by atoms with Crippen LogP contribution in [0, 0.1) is 13.8 Å². The highest BCUT2D eigenvalue weighted by atomic mass is 16.2. The topological polar surface area (TPSA) is 46.1 Å². The molecule has 2 aromatic carbocycles. The summed E-state index contributed by atoms with van der Waals surface area (Å²) in [5.41, 5.74) is 4.35. The number of likely N-dealkylation sites (N-methyl/N-ethyl adjacent to an activating group) is 1. The summed E-state index contributed by atoms with van der Waals surface area (Å²) in [6.07, 6.45) is 3.86. The van der Waals surface area contributed by atoms with E-state index in [4.69, 9.17) is 0 Å². The van der Waals surface area contributed by atoms with Gasteiger partial charge in [-0.25, -0.2) is 0 Å². The fourth-order valence-electron chi connectivity index (χ4n) is 2.96. The molecule has 122 valence electrons. The van der Waals surface area contributed by atoms with Gasteiger partial charge in [0.25, 0.3) is 0 Å². The smallest absolute Gasteiger partial charge is 0.231 e. The molecule has 0 saturated heterocycles. The van der Waals surface area contributed by atoms with E-state index >= 15 is 0 Å². The van der Waals surface area contributed by atoms with Crippen LogP contribution in [0.15, 0.2) is 48.8 Å². The van der Waals surface area contributed by atoms with E-state index in [-0.39, 0.29) is 5.91 Å². The first-order valence-corrected chi connectivity index (χ1v) is 8.15. The van der Waals surface area contributed by atoms with E-state index in [2.05, 4.69) is 36.2 Å². The van der Waals surface area contributed by atoms with Crippen molar-refractivity contribution in [1.82, 2.24) is 10.2 Å². The van der Waals surface area contributed by atoms with Crippen LogP contribution in [0.3, 0.4) is 0 Å². The quantitative estimate of drug-likeness (QED) is 0.734. The Hall–Kier alpha value is -2.75. The predicted molar refractivity (Wildman–Crippen MR) is 97.2 cm³/mol. The van der Waals surface area contributed by atoms with E-state index in [1.54, 1.807) is 12.4 Å². The number of benzene rings is 2. The molecule has 0 fully saturated rings. The van der Waals surface area contributed by atoms with Crippen LogP contribution in [0.4, 0.5) is 5.69 Å². The van der Waals surface area contributed by atoms with Crippen LogP contribution in [0.1, 0.15) is 23.6 Å². The molecule has 4 heteroatoms. The third kappa shape index (κ3) is 3.27. The molecule has 4 nitrogen and oxygen atoms in total. The molecule has 0 aliphatic rings. The standard InChI is InChI=1S/C20H21N3O/c1-4-23(19-8-7-17-12-21-22-13-18(17)10-19)20(24)11-16-6-5-14(2)9-15(16)3/h5-10,12-13H,4,11H2,1-3H3. The molecule has 0 bridgehead atoms. The summed E-state index contributed by atoms with van der Waals surface area (Å²) >= 11 is 0. The molecule has 0 spiro atoms. The third-order valence-corrected chi connectivity index (χ3v) is 4.30. The minimum absolute atomic E-state index is 0.103. The predicted octanol–water partition coefficient (Wildman–Crippen LogP) is 3.84. The Labute approximate surface area is 142 Å².